The average molecular weight is 235 g/mol. The fraction of sp³-hybridized carbons (Fsp3) is 0.364. The molecule has 0 aliphatic rings. The van der Waals surface area contributed by atoms with Gasteiger partial charge in [0, 0.05) is 26.4 Å². The first-order valence-corrected chi connectivity index (χ1v) is 5.93. The standard InChI is InChI=1S/C11H13N3OS/c1-4-9-8(6-14(3)13-9)11-12-5-10(16-11)7(2)15/h5-6H,4H2,1-3H3. The van der Waals surface area contributed by atoms with Crippen molar-refractivity contribution in [1.82, 2.24) is 14.8 Å². The Balaban J connectivity index is 2.45. The number of Topliss-reactive ketones (excluding diaryl/α,β-unsaturated/α-hetero) is 1. The summed E-state index contributed by atoms with van der Waals surface area (Å²) in [5.74, 6) is 0.0608. The molecule has 0 aliphatic heterocycles. The number of carbonyl (C=O) groups excluding carboxylic acids is 1. The lowest BCUT2D eigenvalue weighted by atomic mass is 10.2. The van der Waals surface area contributed by atoms with E-state index in [2.05, 4.69) is 17.0 Å². The van der Waals surface area contributed by atoms with Crippen LogP contribution in [0.15, 0.2) is 12.4 Å². The van der Waals surface area contributed by atoms with Crippen LogP contribution in [0.5, 0.6) is 0 Å². The van der Waals surface area contributed by atoms with Gasteiger partial charge < -0.3 is 0 Å². The van der Waals surface area contributed by atoms with Crippen LogP contribution in [0.3, 0.4) is 0 Å². The molecule has 0 saturated heterocycles. The SMILES string of the molecule is CCc1nn(C)cc1-c1ncc(C(C)=O)s1. The summed E-state index contributed by atoms with van der Waals surface area (Å²) < 4.78 is 1.78. The Morgan fingerprint density at radius 1 is 1.56 bits per heavy atom. The smallest absolute Gasteiger partial charge is 0.171 e. The normalized spacial score (nSPS) is 10.7. The second-order valence-corrected chi connectivity index (χ2v) is 4.63. The Morgan fingerprint density at radius 3 is 2.88 bits per heavy atom. The van der Waals surface area contributed by atoms with Gasteiger partial charge in [-0.1, -0.05) is 6.92 Å². The summed E-state index contributed by atoms with van der Waals surface area (Å²) in [5.41, 5.74) is 2.05. The molecule has 0 spiro atoms. The fourth-order valence-corrected chi connectivity index (χ4v) is 2.38. The van der Waals surface area contributed by atoms with Crippen molar-refractivity contribution in [2.45, 2.75) is 20.3 Å². The highest BCUT2D eigenvalue weighted by atomic mass is 32.1. The maximum Gasteiger partial charge on any atom is 0.171 e. The van der Waals surface area contributed by atoms with Crippen molar-refractivity contribution in [3.05, 3.63) is 23.0 Å². The Morgan fingerprint density at radius 2 is 2.31 bits per heavy atom. The van der Waals surface area contributed by atoms with E-state index in [1.165, 1.54) is 11.3 Å². The molecule has 0 aliphatic carbocycles. The maximum atomic E-state index is 11.2. The van der Waals surface area contributed by atoms with Crippen LogP contribution in [-0.2, 0) is 13.5 Å². The number of hydrogen-bond donors (Lipinski definition) is 0. The molecule has 0 radical (unpaired) electrons. The minimum Gasteiger partial charge on any atom is -0.294 e. The van der Waals surface area contributed by atoms with Gasteiger partial charge in [0.25, 0.3) is 0 Å². The summed E-state index contributed by atoms with van der Waals surface area (Å²) in [6.45, 7) is 3.62. The zero-order valence-electron chi connectivity index (χ0n) is 9.52. The Hall–Kier alpha value is -1.49. The van der Waals surface area contributed by atoms with E-state index in [0.29, 0.717) is 4.88 Å². The second kappa shape index (κ2) is 4.17. The fourth-order valence-electron chi connectivity index (χ4n) is 1.54. The van der Waals surface area contributed by atoms with Crippen LogP contribution in [0.4, 0.5) is 0 Å². The maximum absolute atomic E-state index is 11.2. The highest BCUT2D eigenvalue weighted by molar-refractivity contribution is 7.16. The van der Waals surface area contributed by atoms with Gasteiger partial charge in [0.15, 0.2) is 5.78 Å². The summed E-state index contributed by atoms with van der Waals surface area (Å²) in [7, 11) is 1.89. The van der Waals surface area contributed by atoms with Crippen LogP contribution in [0.25, 0.3) is 10.6 Å². The van der Waals surface area contributed by atoms with Crippen molar-refractivity contribution in [3.8, 4) is 10.6 Å². The highest BCUT2D eigenvalue weighted by Gasteiger charge is 2.13. The third-order valence-corrected chi connectivity index (χ3v) is 3.45. The van der Waals surface area contributed by atoms with Gasteiger partial charge >= 0.3 is 0 Å². The Labute approximate surface area is 97.9 Å². The zero-order chi connectivity index (χ0) is 11.7. The molecule has 0 amide bonds. The lowest BCUT2D eigenvalue weighted by Crippen LogP contribution is -1.89. The first-order valence-electron chi connectivity index (χ1n) is 5.11. The van der Waals surface area contributed by atoms with Gasteiger partial charge in [-0.2, -0.15) is 5.10 Å². The van der Waals surface area contributed by atoms with Crippen molar-refractivity contribution in [1.29, 1.82) is 0 Å². The number of rotatable bonds is 3. The van der Waals surface area contributed by atoms with Gasteiger partial charge in [0.05, 0.1) is 16.1 Å². The minimum atomic E-state index is 0.0608. The number of carbonyl (C=O) groups is 1. The molecule has 0 N–H and O–H groups in total. The van der Waals surface area contributed by atoms with Crippen molar-refractivity contribution in [2.75, 3.05) is 0 Å². The first-order chi connectivity index (χ1) is 7.61. The molecule has 4 nitrogen and oxygen atoms in total. The number of aromatic nitrogens is 3. The molecule has 2 rings (SSSR count). The molecule has 2 aromatic heterocycles. The van der Waals surface area contributed by atoms with Crippen LogP contribution >= 0.6 is 11.3 Å². The van der Waals surface area contributed by atoms with Crippen LogP contribution < -0.4 is 0 Å². The second-order valence-electron chi connectivity index (χ2n) is 3.60. The van der Waals surface area contributed by atoms with Gasteiger partial charge in [-0.3, -0.25) is 9.48 Å². The Kier molecular flexibility index (Phi) is 2.87. The summed E-state index contributed by atoms with van der Waals surface area (Å²) in [5, 5.41) is 5.23. The number of hydrogen-bond acceptors (Lipinski definition) is 4. The van der Waals surface area contributed by atoms with E-state index in [4.69, 9.17) is 0 Å². The minimum absolute atomic E-state index is 0.0608. The van der Waals surface area contributed by atoms with Crippen molar-refractivity contribution < 1.29 is 4.79 Å². The molecule has 16 heavy (non-hydrogen) atoms. The molecule has 0 unspecified atom stereocenters. The predicted molar refractivity (Wildman–Crippen MR) is 63.7 cm³/mol. The third kappa shape index (κ3) is 1.90. The molecule has 2 heterocycles. The summed E-state index contributed by atoms with van der Waals surface area (Å²) >= 11 is 1.42. The number of thiazole rings is 1. The van der Waals surface area contributed by atoms with Gasteiger partial charge in [-0.25, -0.2) is 4.98 Å². The largest absolute Gasteiger partial charge is 0.294 e. The molecular weight excluding hydrogens is 222 g/mol. The lowest BCUT2D eigenvalue weighted by Gasteiger charge is -1.92. The van der Waals surface area contributed by atoms with Gasteiger partial charge in [-0.15, -0.1) is 11.3 Å². The third-order valence-electron chi connectivity index (χ3n) is 2.32. The molecule has 0 atom stereocenters. The van der Waals surface area contributed by atoms with E-state index < -0.39 is 0 Å². The first kappa shape index (κ1) is 11.0. The van der Waals surface area contributed by atoms with Crippen LogP contribution in [-0.4, -0.2) is 20.5 Å². The predicted octanol–water partition coefficient (Wildman–Crippen LogP) is 2.31. The van der Waals surface area contributed by atoms with Crippen molar-refractivity contribution >= 4 is 17.1 Å². The molecule has 5 heteroatoms. The van der Waals surface area contributed by atoms with Crippen LogP contribution in [0, 0.1) is 0 Å². The van der Waals surface area contributed by atoms with E-state index in [0.717, 1.165) is 22.7 Å². The number of ketones is 1. The molecule has 0 aromatic carbocycles. The summed E-state index contributed by atoms with van der Waals surface area (Å²) in [6.07, 6.45) is 4.45. The van der Waals surface area contributed by atoms with Crippen molar-refractivity contribution in [2.24, 2.45) is 7.05 Å². The molecule has 0 fully saturated rings. The van der Waals surface area contributed by atoms with E-state index in [-0.39, 0.29) is 5.78 Å². The summed E-state index contributed by atoms with van der Waals surface area (Å²) in [6, 6.07) is 0. The van der Waals surface area contributed by atoms with Gasteiger partial charge in [0.2, 0.25) is 0 Å². The van der Waals surface area contributed by atoms with Gasteiger partial charge in [-0.05, 0) is 6.42 Å². The van der Waals surface area contributed by atoms with E-state index in [9.17, 15) is 4.79 Å². The lowest BCUT2D eigenvalue weighted by molar-refractivity contribution is 0.102. The van der Waals surface area contributed by atoms with Crippen LogP contribution in [0.2, 0.25) is 0 Å². The number of aryl methyl sites for hydroxylation is 2. The molecular formula is C11H13N3OS. The van der Waals surface area contributed by atoms with Crippen molar-refractivity contribution in [3.63, 3.8) is 0 Å². The molecule has 0 bridgehead atoms. The van der Waals surface area contributed by atoms with Crippen LogP contribution in [0.1, 0.15) is 29.2 Å². The van der Waals surface area contributed by atoms with E-state index in [1.54, 1.807) is 17.8 Å². The monoisotopic (exact) mass is 235 g/mol. The topological polar surface area (TPSA) is 47.8 Å². The van der Waals surface area contributed by atoms with E-state index >= 15 is 0 Å². The summed E-state index contributed by atoms with van der Waals surface area (Å²) in [4.78, 5) is 16.2. The number of nitrogens with zero attached hydrogens (tertiary/aromatic N) is 3. The molecule has 0 saturated carbocycles. The molecule has 84 valence electrons. The van der Waals surface area contributed by atoms with Gasteiger partial charge in [0.1, 0.15) is 5.01 Å². The quantitative estimate of drug-likeness (QED) is 0.767. The Bertz CT molecular complexity index is 527. The zero-order valence-corrected chi connectivity index (χ0v) is 10.3. The molecule has 2 aromatic rings. The van der Waals surface area contributed by atoms with E-state index in [1.807, 2.05) is 13.2 Å². The highest BCUT2D eigenvalue weighted by Crippen LogP contribution is 2.27. The average Bonchev–Trinajstić information content (AvgIpc) is 2.82.